The molecule has 0 saturated carbocycles. The summed E-state index contributed by atoms with van der Waals surface area (Å²) < 4.78 is 17.7. The Hall–Kier alpha value is -2.06. The van der Waals surface area contributed by atoms with Crippen LogP contribution in [0.15, 0.2) is 12.1 Å². The molecule has 0 aliphatic heterocycles. The number of alkyl carbamates (subject to hydrolysis) is 1. The summed E-state index contributed by atoms with van der Waals surface area (Å²) in [6, 6.07) is 3.84. The third-order valence-electron chi connectivity index (χ3n) is 4.27. The van der Waals surface area contributed by atoms with Crippen LogP contribution in [0, 0.1) is 0 Å². The van der Waals surface area contributed by atoms with E-state index < -0.39 is 11.7 Å². The van der Waals surface area contributed by atoms with Crippen molar-refractivity contribution in [1.29, 1.82) is 0 Å². The second-order valence-corrected chi connectivity index (χ2v) is 8.78. The van der Waals surface area contributed by atoms with Crippen molar-refractivity contribution in [3.8, 4) is 11.5 Å². The summed E-state index contributed by atoms with van der Waals surface area (Å²) in [6.45, 7) is 13.9. The zero-order valence-corrected chi connectivity index (χ0v) is 19.1. The minimum Gasteiger partial charge on any atom is -0.493 e. The molecule has 0 fully saturated rings. The van der Waals surface area contributed by atoms with E-state index in [1.54, 1.807) is 7.11 Å². The highest BCUT2D eigenvalue weighted by molar-refractivity contribution is 7.18. The van der Waals surface area contributed by atoms with Crippen LogP contribution in [0.3, 0.4) is 0 Å². The van der Waals surface area contributed by atoms with Gasteiger partial charge in [0.05, 0.1) is 30.5 Å². The van der Waals surface area contributed by atoms with Crippen LogP contribution < -0.4 is 14.8 Å². The number of thiazole rings is 1. The molecular formula is C21H35N3O4S. The van der Waals surface area contributed by atoms with Gasteiger partial charge in [0.2, 0.25) is 0 Å². The van der Waals surface area contributed by atoms with E-state index in [0.717, 1.165) is 41.3 Å². The molecular weight excluding hydrogens is 390 g/mol. The predicted molar refractivity (Wildman–Crippen MR) is 119 cm³/mol. The van der Waals surface area contributed by atoms with Crippen LogP contribution in [0.1, 0.15) is 47.5 Å². The SMILES string of the molecule is CCN(CC)CCCOc1cc2nc(CNC(=O)OC(C)(C)C)sc2cc1OC.[HH]. The van der Waals surface area contributed by atoms with E-state index >= 15 is 0 Å². The molecule has 1 aromatic heterocycles. The van der Waals surface area contributed by atoms with Crippen LogP contribution in [-0.2, 0) is 11.3 Å². The normalized spacial score (nSPS) is 11.7. The van der Waals surface area contributed by atoms with Crippen LogP contribution in [0.2, 0.25) is 0 Å². The average Bonchev–Trinajstić information content (AvgIpc) is 3.06. The lowest BCUT2D eigenvalue weighted by molar-refractivity contribution is 0.0523. The van der Waals surface area contributed by atoms with Crippen molar-refractivity contribution in [1.82, 2.24) is 15.2 Å². The first-order valence-corrected chi connectivity index (χ1v) is 10.9. The molecule has 29 heavy (non-hydrogen) atoms. The van der Waals surface area contributed by atoms with Crippen LogP contribution in [-0.4, -0.2) is 54.9 Å². The lowest BCUT2D eigenvalue weighted by Gasteiger charge is -2.19. The molecule has 0 bridgehead atoms. The third kappa shape index (κ3) is 7.36. The molecule has 1 heterocycles. The first-order chi connectivity index (χ1) is 13.8. The van der Waals surface area contributed by atoms with Gasteiger partial charge in [-0.1, -0.05) is 13.8 Å². The largest absolute Gasteiger partial charge is 0.493 e. The number of hydrogen-bond acceptors (Lipinski definition) is 7. The number of ether oxygens (including phenoxy) is 3. The van der Waals surface area contributed by atoms with Gasteiger partial charge in [0.15, 0.2) is 11.5 Å². The summed E-state index contributed by atoms with van der Waals surface area (Å²) in [5.74, 6) is 1.38. The maximum absolute atomic E-state index is 11.8. The van der Waals surface area contributed by atoms with Crippen molar-refractivity contribution < 1.29 is 20.4 Å². The van der Waals surface area contributed by atoms with Gasteiger partial charge in [-0.25, -0.2) is 9.78 Å². The molecule has 0 radical (unpaired) electrons. The van der Waals surface area contributed by atoms with E-state index in [1.807, 2.05) is 32.9 Å². The molecule has 0 saturated heterocycles. The Kier molecular flexibility index (Phi) is 8.52. The van der Waals surface area contributed by atoms with Crippen LogP contribution in [0.5, 0.6) is 11.5 Å². The first-order valence-electron chi connectivity index (χ1n) is 10.0. The molecule has 1 aromatic carbocycles. The van der Waals surface area contributed by atoms with Crippen LogP contribution >= 0.6 is 11.3 Å². The number of hydrogen-bond donors (Lipinski definition) is 1. The van der Waals surface area contributed by atoms with E-state index in [2.05, 4.69) is 29.0 Å². The standard InChI is InChI=1S/C21H33N3O4S.H2/c1-7-24(8-2)10-9-11-27-17-12-15-18(13-16(17)26-6)29-19(23-15)14-22-20(25)28-21(3,4)5;/h12-13H,7-11,14H2,1-6H3,(H,22,25);1H. The molecule has 1 N–H and O–H groups in total. The van der Waals surface area contributed by atoms with Crippen molar-refractivity contribution in [2.24, 2.45) is 0 Å². The number of nitrogens with zero attached hydrogens (tertiary/aromatic N) is 2. The van der Waals surface area contributed by atoms with Gasteiger partial charge in [-0.3, -0.25) is 0 Å². The van der Waals surface area contributed by atoms with Gasteiger partial charge in [0, 0.05) is 20.1 Å². The molecule has 1 amide bonds. The van der Waals surface area contributed by atoms with Gasteiger partial charge in [-0.2, -0.15) is 0 Å². The van der Waals surface area contributed by atoms with E-state index in [9.17, 15) is 4.79 Å². The molecule has 164 valence electrons. The number of amides is 1. The van der Waals surface area contributed by atoms with Crippen LogP contribution in [0.25, 0.3) is 10.2 Å². The number of benzene rings is 1. The highest BCUT2D eigenvalue weighted by atomic mass is 32.1. The fraction of sp³-hybridized carbons (Fsp3) is 0.619. The fourth-order valence-corrected chi connectivity index (χ4v) is 3.72. The zero-order valence-electron chi connectivity index (χ0n) is 18.3. The van der Waals surface area contributed by atoms with E-state index in [0.29, 0.717) is 24.7 Å². The Balaban J connectivity index is 0.00000450. The second kappa shape index (κ2) is 10.6. The molecule has 0 unspecified atom stereocenters. The quantitative estimate of drug-likeness (QED) is 0.557. The van der Waals surface area contributed by atoms with Crippen molar-refractivity contribution >= 4 is 27.6 Å². The summed E-state index contributed by atoms with van der Waals surface area (Å²) in [4.78, 5) is 18.8. The van der Waals surface area contributed by atoms with Gasteiger partial charge in [0.25, 0.3) is 0 Å². The molecule has 2 aromatic rings. The molecule has 0 atom stereocenters. The number of carbonyl (C=O) groups is 1. The van der Waals surface area contributed by atoms with Gasteiger partial charge in [0.1, 0.15) is 10.6 Å². The Bertz CT molecular complexity index is 803. The molecule has 0 aliphatic rings. The number of methoxy groups -OCH3 is 1. The minimum atomic E-state index is -0.525. The average molecular weight is 426 g/mol. The van der Waals surface area contributed by atoms with Gasteiger partial charge < -0.3 is 24.4 Å². The number of rotatable bonds is 10. The van der Waals surface area contributed by atoms with Crippen molar-refractivity contribution in [2.45, 2.75) is 53.2 Å². The van der Waals surface area contributed by atoms with Crippen molar-refractivity contribution in [2.75, 3.05) is 33.4 Å². The summed E-state index contributed by atoms with van der Waals surface area (Å²) in [5.41, 5.74) is 0.304. The summed E-state index contributed by atoms with van der Waals surface area (Å²) >= 11 is 1.51. The highest BCUT2D eigenvalue weighted by Crippen LogP contribution is 2.35. The maximum atomic E-state index is 11.8. The monoisotopic (exact) mass is 425 g/mol. The van der Waals surface area contributed by atoms with Crippen molar-refractivity contribution in [3.05, 3.63) is 17.1 Å². The topological polar surface area (TPSA) is 72.9 Å². The summed E-state index contributed by atoms with van der Waals surface area (Å²) in [5, 5.41) is 3.54. The van der Waals surface area contributed by atoms with E-state index in [1.165, 1.54) is 11.3 Å². The summed E-state index contributed by atoms with van der Waals surface area (Å²) in [7, 11) is 1.63. The Labute approximate surface area is 178 Å². The predicted octanol–water partition coefficient (Wildman–Crippen LogP) is 4.69. The number of fused-ring (bicyclic) bond motifs is 1. The molecule has 0 aliphatic carbocycles. The third-order valence-corrected chi connectivity index (χ3v) is 5.29. The lowest BCUT2D eigenvalue weighted by atomic mass is 10.2. The molecule has 2 rings (SSSR count). The second-order valence-electron chi connectivity index (χ2n) is 7.66. The van der Waals surface area contributed by atoms with Crippen molar-refractivity contribution in [3.63, 3.8) is 0 Å². The van der Waals surface area contributed by atoms with Gasteiger partial charge in [-0.15, -0.1) is 11.3 Å². The fourth-order valence-electron chi connectivity index (χ4n) is 2.80. The number of aromatic nitrogens is 1. The lowest BCUT2D eigenvalue weighted by Crippen LogP contribution is -2.32. The maximum Gasteiger partial charge on any atom is 0.408 e. The minimum absolute atomic E-state index is 0. The highest BCUT2D eigenvalue weighted by Gasteiger charge is 2.17. The smallest absolute Gasteiger partial charge is 0.408 e. The number of nitrogens with one attached hydrogen (secondary N) is 1. The summed E-state index contributed by atoms with van der Waals surface area (Å²) in [6.07, 6.45) is 0.497. The van der Waals surface area contributed by atoms with Gasteiger partial charge >= 0.3 is 6.09 Å². The molecule has 0 spiro atoms. The Morgan fingerprint density at radius 3 is 2.59 bits per heavy atom. The number of carbonyl (C=O) groups excluding carboxylic acids is 1. The molecule has 7 nitrogen and oxygen atoms in total. The van der Waals surface area contributed by atoms with Crippen LogP contribution in [0.4, 0.5) is 4.79 Å². The zero-order chi connectivity index (χ0) is 21.4. The van der Waals surface area contributed by atoms with Gasteiger partial charge in [-0.05, 0) is 40.3 Å². The van der Waals surface area contributed by atoms with E-state index in [4.69, 9.17) is 14.2 Å². The molecule has 8 heteroatoms. The Morgan fingerprint density at radius 2 is 1.97 bits per heavy atom. The first kappa shape index (κ1) is 23.2. The Morgan fingerprint density at radius 1 is 1.24 bits per heavy atom. The van der Waals surface area contributed by atoms with E-state index in [-0.39, 0.29) is 1.43 Å².